The van der Waals surface area contributed by atoms with Gasteiger partial charge in [0.25, 0.3) is 0 Å². The molecule has 3 heteroatoms. The zero-order valence-corrected chi connectivity index (χ0v) is 13.1. The first-order valence-corrected chi connectivity index (χ1v) is 7.80. The van der Waals surface area contributed by atoms with Crippen LogP contribution in [0.15, 0.2) is 79.0 Å². The fourth-order valence-corrected chi connectivity index (χ4v) is 2.61. The second-order valence-corrected chi connectivity index (χ2v) is 5.70. The van der Waals surface area contributed by atoms with E-state index in [9.17, 15) is 0 Å². The van der Waals surface area contributed by atoms with Crippen molar-refractivity contribution >= 4 is 5.69 Å². The van der Waals surface area contributed by atoms with Crippen LogP contribution < -0.4 is 5.73 Å². The molecule has 2 N–H and O–H groups in total. The van der Waals surface area contributed by atoms with Crippen LogP contribution in [0.3, 0.4) is 0 Å². The van der Waals surface area contributed by atoms with Crippen molar-refractivity contribution in [2.75, 3.05) is 5.73 Å². The third-order valence-electron chi connectivity index (χ3n) is 3.73. The number of hydrogen-bond acceptors (Lipinski definition) is 3. The van der Waals surface area contributed by atoms with Crippen molar-refractivity contribution in [1.82, 2.24) is 9.88 Å². The average molecular weight is 303 g/mol. The van der Waals surface area contributed by atoms with Gasteiger partial charge in [-0.25, -0.2) is 0 Å². The molecule has 0 radical (unpaired) electrons. The lowest BCUT2D eigenvalue weighted by Gasteiger charge is -2.22. The van der Waals surface area contributed by atoms with Crippen molar-refractivity contribution < 1.29 is 0 Å². The molecule has 0 unspecified atom stereocenters. The maximum atomic E-state index is 5.73. The SMILES string of the molecule is Nc1ccc(CN(Cc2ccccc2)Cc2ccccc2)nc1. The zero-order valence-electron chi connectivity index (χ0n) is 13.1. The molecule has 0 atom stereocenters. The standard InChI is InChI=1S/C20H21N3/c21-19-11-12-20(22-13-19)16-23(14-17-7-3-1-4-8-17)15-18-9-5-2-6-10-18/h1-13H,14-16,21H2. The van der Waals surface area contributed by atoms with Crippen molar-refractivity contribution in [3.8, 4) is 0 Å². The number of nitrogen functional groups attached to an aromatic ring is 1. The van der Waals surface area contributed by atoms with Crippen LogP contribution in [0.5, 0.6) is 0 Å². The summed E-state index contributed by atoms with van der Waals surface area (Å²) in [7, 11) is 0. The molecule has 23 heavy (non-hydrogen) atoms. The van der Waals surface area contributed by atoms with Gasteiger partial charge < -0.3 is 5.73 Å². The molecule has 1 aromatic heterocycles. The number of aromatic nitrogens is 1. The van der Waals surface area contributed by atoms with E-state index in [2.05, 4.69) is 58.4 Å². The number of nitrogens with zero attached hydrogens (tertiary/aromatic N) is 2. The van der Waals surface area contributed by atoms with E-state index in [1.165, 1.54) is 11.1 Å². The molecule has 3 aromatic rings. The maximum Gasteiger partial charge on any atom is 0.0545 e. The number of hydrogen-bond donors (Lipinski definition) is 1. The minimum atomic E-state index is 0.700. The Morgan fingerprint density at radius 1 is 0.696 bits per heavy atom. The Morgan fingerprint density at radius 2 is 1.26 bits per heavy atom. The van der Waals surface area contributed by atoms with E-state index >= 15 is 0 Å². The average Bonchev–Trinajstić information content (AvgIpc) is 2.59. The van der Waals surface area contributed by atoms with Crippen LogP contribution in [0.2, 0.25) is 0 Å². The summed E-state index contributed by atoms with van der Waals surface area (Å²) in [4.78, 5) is 6.83. The van der Waals surface area contributed by atoms with E-state index in [4.69, 9.17) is 5.73 Å². The number of nitrogens with two attached hydrogens (primary N) is 1. The summed E-state index contributed by atoms with van der Waals surface area (Å²) in [5.74, 6) is 0. The Labute approximate surface area is 137 Å². The summed E-state index contributed by atoms with van der Waals surface area (Å²) in [5.41, 5.74) is 10.1. The minimum absolute atomic E-state index is 0.700. The normalized spacial score (nSPS) is 10.8. The molecule has 0 spiro atoms. The van der Waals surface area contributed by atoms with Gasteiger partial charge in [0.05, 0.1) is 17.6 Å². The van der Waals surface area contributed by atoms with Gasteiger partial charge in [-0.3, -0.25) is 9.88 Å². The predicted octanol–water partition coefficient (Wildman–Crippen LogP) is 3.87. The minimum Gasteiger partial charge on any atom is -0.397 e. The largest absolute Gasteiger partial charge is 0.397 e. The molecule has 0 fully saturated rings. The molecule has 0 saturated heterocycles. The van der Waals surface area contributed by atoms with Crippen molar-refractivity contribution in [3.05, 3.63) is 95.8 Å². The molecule has 116 valence electrons. The van der Waals surface area contributed by atoms with Gasteiger partial charge in [-0.15, -0.1) is 0 Å². The van der Waals surface area contributed by atoms with Crippen LogP contribution in [0.25, 0.3) is 0 Å². The maximum absolute atomic E-state index is 5.73. The van der Waals surface area contributed by atoms with Crippen molar-refractivity contribution in [2.45, 2.75) is 19.6 Å². The Bertz CT molecular complexity index is 667. The topological polar surface area (TPSA) is 42.1 Å². The van der Waals surface area contributed by atoms with Crippen molar-refractivity contribution in [1.29, 1.82) is 0 Å². The molecule has 0 aliphatic heterocycles. The zero-order chi connectivity index (χ0) is 15.9. The monoisotopic (exact) mass is 303 g/mol. The van der Waals surface area contributed by atoms with Crippen LogP contribution in [0, 0.1) is 0 Å². The molecule has 0 saturated carbocycles. The summed E-state index contributed by atoms with van der Waals surface area (Å²) in [6, 6.07) is 25.0. The van der Waals surface area contributed by atoms with Gasteiger partial charge in [0.1, 0.15) is 0 Å². The quantitative estimate of drug-likeness (QED) is 0.751. The van der Waals surface area contributed by atoms with Gasteiger partial charge >= 0.3 is 0 Å². The van der Waals surface area contributed by atoms with Crippen LogP contribution in [-0.4, -0.2) is 9.88 Å². The highest BCUT2D eigenvalue weighted by Crippen LogP contribution is 2.13. The molecule has 2 aromatic carbocycles. The highest BCUT2D eigenvalue weighted by molar-refractivity contribution is 5.34. The number of anilines is 1. The van der Waals surface area contributed by atoms with Gasteiger partial charge in [0.15, 0.2) is 0 Å². The number of rotatable bonds is 6. The number of benzene rings is 2. The third kappa shape index (κ3) is 4.66. The van der Waals surface area contributed by atoms with Crippen molar-refractivity contribution in [2.24, 2.45) is 0 Å². The lowest BCUT2D eigenvalue weighted by Crippen LogP contribution is -2.23. The predicted molar refractivity (Wildman–Crippen MR) is 94.5 cm³/mol. The Hall–Kier alpha value is -2.65. The Kier molecular flexibility index (Phi) is 5.02. The van der Waals surface area contributed by atoms with Crippen LogP contribution in [-0.2, 0) is 19.6 Å². The molecule has 0 aliphatic carbocycles. The van der Waals surface area contributed by atoms with E-state index in [1.54, 1.807) is 6.20 Å². The lowest BCUT2D eigenvalue weighted by molar-refractivity contribution is 0.244. The third-order valence-corrected chi connectivity index (χ3v) is 3.73. The molecule has 0 bridgehead atoms. The second-order valence-electron chi connectivity index (χ2n) is 5.70. The van der Waals surface area contributed by atoms with E-state index in [1.807, 2.05) is 24.3 Å². The van der Waals surface area contributed by atoms with Crippen LogP contribution in [0.1, 0.15) is 16.8 Å². The van der Waals surface area contributed by atoms with Gasteiger partial charge in [-0.2, -0.15) is 0 Å². The summed E-state index contributed by atoms with van der Waals surface area (Å²) in [6.45, 7) is 2.58. The highest BCUT2D eigenvalue weighted by Gasteiger charge is 2.09. The number of pyridine rings is 1. The second kappa shape index (κ2) is 7.56. The molecular formula is C20H21N3. The first-order valence-electron chi connectivity index (χ1n) is 7.80. The summed E-state index contributed by atoms with van der Waals surface area (Å²) in [5, 5.41) is 0. The molecule has 0 aliphatic rings. The van der Waals surface area contributed by atoms with E-state index < -0.39 is 0 Å². The van der Waals surface area contributed by atoms with Gasteiger partial charge in [-0.1, -0.05) is 60.7 Å². The van der Waals surface area contributed by atoms with E-state index in [0.29, 0.717) is 5.69 Å². The lowest BCUT2D eigenvalue weighted by atomic mass is 10.1. The van der Waals surface area contributed by atoms with E-state index in [0.717, 1.165) is 25.3 Å². The summed E-state index contributed by atoms with van der Waals surface area (Å²) < 4.78 is 0. The van der Waals surface area contributed by atoms with Gasteiger partial charge in [0.2, 0.25) is 0 Å². The first kappa shape index (κ1) is 15.3. The Morgan fingerprint density at radius 3 is 1.74 bits per heavy atom. The van der Waals surface area contributed by atoms with Crippen LogP contribution in [0.4, 0.5) is 5.69 Å². The van der Waals surface area contributed by atoms with Gasteiger partial charge in [0, 0.05) is 19.6 Å². The molecular weight excluding hydrogens is 282 g/mol. The fourth-order valence-electron chi connectivity index (χ4n) is 2.61. The summed E-state index contributed by atoms with van der Waals surface area (Å²) >= 11 is 0. The highest BCUT2D eigenvalue weighted by atomic mass is 15.1. The molecule has 3 rings (SSSR count). The molecule has 3 nitrogen and oxygen atoms in total. The van der Waals surface area contributed by atoms with E-state index in [-0.39, 0.29) is 0 Å². The fraction of sp³-hybridized carbons (Fsp3) is 0.150. The summed E-state index contributed by atoms with van der Waals surface area (Å²) in [6.07, 6.45) is 1.72. The Balaban J connectivity index is 1.76. The van der Waals surface area contributed by atoms with Crippen LogP contribution >= 0.6 is 0 Å². The van der Waals surface area contributed by atoms with Crippen molar-refractivity contribution in [3.63, 3.8) is 0 Å². The first-order chi connectivity index (χ1) is 11.3. The molecule has 0 amide bonds. The van der Waals surface area contributed by atoms with Gasteiger partial charge in [-0.05, 0) is 23.3 Å². The molecule has 1 heterocycles. The smallest absolute Gasteiger partial charge is 0.0545 e.